The number of hydrogen-bond donors (Lipinski definition) is 1. The van der Waals surface area contributed by atoms with Gasteiger partial charge in [0.25, 0.3) is 5.91 Å². The lowest BCUT2D eigenvalue weighted by Gasteiger charge is -2.17. The SMILES string of the molecule is CC(NC(=O)c1cccc(F)c1F)c1cccc2ccccc12. The molecule has 23 heavy (non-hydrogen) atoms. The zero-order chi connectivity index (χ0) is 16.4. The van der Waals surface area contributed by atoms with Crippen LogP contribution in [0, 0.1) is 11.6 Å². The first-order valence-electron chi connectivity index (χ1n) is 7.30. The van der Waals surface area contributed by atoms with Gasteiger partial charge in [0.05, 0.1) is 11.6 Å². The highest BCUT2D eigenvalue weighted by molar-refractivity contribution is 5.95. The van der Waals surface area contributed by atoms with Crippen molar-refractivity contribution in [3.8, 4) is 0 Å². The van der Waals surface area contributed by atoms with Crippen LogP contribution in [-0.2, 0) is 0 Å². The van der Waals surface area contributed by atoms with Crippen molar-refractivity contribution in [3.63, 3.8) is 0 Å². The highest BCUT2D eigenvalue weighted by atomic mass is 19.2. The van der Waals surface area contributed by atoms with E-state index >= 15 is 0 Å². The van der Waals surface area contributed by atoms with E-state index in [2.05, 4.69) is 5.32 Å². The van der Waals surface area contributed by atoms with Crippen molar-refractivity contribution in [2.45, 2.75) is 13.0 Å². The van der Waals surface area contributed by atoms with E-state index in [0.717, 1.165) is 22.4 Å². The molecule has 1 atom stereocenters. The molecule has 3 aromatic carbocycles. The van der Waals surface area contributed by atoms with Crippen molar-refractivity contribution in [1.29, 1.82) is 0 Å². The quantitative estimate of drug-likeness (QED) is 0.752. The summed E-state index contributed by atoms with van der Waals surface area (Å²) in [6, 6.07) is 16.9. The minimum atomic E-state index is -1.13. The Bertz CT molecular complexity index is 871. The van der Waals surface area contributed by atoms with Gasteiger partial charge in [-0.25, -0.2) is 8.78 Å². The van der Waals surface area contributed by atoms with E-state index < -0.39 is 17.5 Å². The normalized spacial score (nSPS) is 12.1. The summed E-state index contributed by atoms with van der Waals surface area (Å²) in [6.45, 7) is 1.82. The minimum Gasteiger partial charge on any atom is -0.345 e. The van der Waals surface area contributed by atoms with Crippen LogP contribution in [-0.4, -0.2) is 5.91 Å². The summed E-state index contributed by atoms with van der Waals surface area (Å²) in [4.78, 5) is 12.2. The fraction of sp³-hybridized carbons (Fsp3) is 0.105. The van der Waals surface area contributed by atoms with Crippen LogP contribution in [0.3, 0.4) is 0 Å². The van der Waals surface area contributed by atoms with Crippen LogP contribution < -0.4 is 5.32 Å². The molecule has 0 aromatic heterocycles. The van der Waals surface area contributed by atoms with Crippen molar-refractivity contribution in [2.75, 3.05) is 0 Å². The van der Waals surface area contributed by atoms with Crippen molar-refractivity contribution in [1.82, 2.24) is 5.32 Å². The smallest absolute Gasteiger partial charge is 0.254 e. The first-order chi connectivity index (χ1) is 11.1. The zero-order valence-electron chi connectivity index (χ0n) is 12.5. The van der Waals surface area contributed by atoms with Crippen molar-refractivity contribution >= 4 is 16.7 Å². The van der Waals surface area contributed by atoms with Gasteiger partial charge in [-0.2, -0.15) is 0 Å². The summed E-state index contributed by atoms with van der Waals surface area (Å²) in [6.07, 6.45) is 0. The standard InChI is InChI=1S/C19H15F2NO/c1-12(14-9-4-7-13-6-2-3-8-15(13)14)22-19(23)16-10-5-11-17(20)18(16)21/h2-12H,1H3,(H,22,23). The molecule has 0 fully saturated rings. The molecule has 1 amide bonds. The average Bonchev–Trinajstić information content (AvgIpc) is 2.56. The van der Waals surface area contributed by atoms with Gasteiger partial charge in [0.2, 0.25) is 0 Å². The molecule has 0 saturated carbocycles. The number of carbonyl (C=O) groups excluding carboxylic acids is 1. The predicted octanol–water partition coefficient (Wildman–Crippen LogP) is 4.61. The Balaban J connectivity index is 1.90. The van der Waals surface area contributed by atoms with Gasteiger partial charge in [0.15, 0.2) is 11.6 Å². The summed E-state index contributed by atoms with van der Waals surface area (Å²) >= 11 is 0. The molecule has 3 rings (SSSR count). The number of nitrogens with one attached hydrogen (secondary N) is 1. The molecule has 0 spiro atoms. The zero-order valence-corrected chi connectivity index (χ0v) is 12.5. The van der Waals surface area contributed by atoms with Gasteiger partial charge < -0.3 is 5.32 Å². The molecule has 1 unspecified atom stereocenters. The molecule has 116 valence electrons. The van der Waals surface area contributed by atoms with E-state index in [1.807, 2.05) is 49.4 Å². The van der Waals surface area contributed by atoms with Crippen molar-refractivity contribution < 1.29 is 13.6 Å². The lowest BCUT2D eigenvalue weighted by Crippen LogP contribution is -2.27. The van der Waals surface area contributed by atoms with Gasteiger partial charge >= 0.3 is 0 Å². The van der Waals surface area contributed by atoms with E-state index in [0.29, 0.717) is 0 Å². The number of rotatable bonds is 3. The highest BCUT2D eigenvalue weighted by Gasteiger charge is 2.18. The fourth-order valence-electron chi connectivity index (χ4n) is 2.66. The number of benzene rings is 3. The maximum Gasteiger partial charge on any atom is 0.254 e. The summed E-state index contributed by atoms with van der Waals surface area (Å²) < 4.78 is 27.0. The number of carbonyl (C=O) groups is 1. The lowest BCUT2D eigenvalue weighted by molar-refractivity contribution is 0.0935. The van der Waals surface area contributed by atoms with Gasteiger partial charge in [0.1, 0.15) is 0 Å². The summed E-state index contributed by atoms with van der Waals surface area (Å²) in [5, 5.41) is 4.80. The molecule has 0 radical (unpaired) electrons. The molecule has 0 aliphatic heterocycles. The van der Waals surface area contributed by atoms with Crippen LogP contribution in [0.15, 0.2) is 60.7 Å². The van der Waals surface area contributed by atoms with Crippen molar-refractivity contribution in [3.05, 3.63) is 83.4 Å². The number of hydrogen-bond acceptors (Lipinski definition) is 1. The number of amides is 1. The third kappa shape index (κ3) is 2.93. The maximum absolute atomic E-state index is 13.7. The molecule has 0 aliphatic carbocycles. The van der Waals surface area contributed by atoms with Crippen LogP contribution in [0.4, 0.5) is 8.78 Å². The summed E-state index contributed by atoms with van der Waals surface area (Å²) in [5.74, 6) is -2.80. The van der Waals surface area contributed by atoms with Gasteiger partial charge in [-0.3, -0.25) is 4.79 Å². The molecule has 0 heterocycles. The Labute approximate surface area is 132 Å². The second kappa shape index (κ2) is 6.16. The molecule has 1 N–H and O–H groups in total. The summed E-state index contributed by atoms with van der Waals surface area (Å²) in [5.41, 5.74) is 0.630. The Kier molecular flexibility index (Phi) is 4.06. The Morgan fingerprint density at radius 3 is 2.48 bits per heavy atom. The second-order valence-corrected chi connectivity index (χ2v) is 5.36. The Hall–Kier alpha value is -2.75. The fourth-order valence-corrected chi connectivity index (χ4v) is 2.66. The third-order valence-electron chi connectivity index (χ3n) is 3.83. The molecular formula is C19H15F2NO. The van der Waals surface area contributed by atoms with Crippen LogP contribution in [0.2, 0.25) is 0 Å². The second-order valence-electron chi connectivity index (χ2n) is 5.36. The predicted molar refractivity (Wildman–Crippen MR) is 86.2 cm³/mol. The van der Waals surface area contributed by atoms with Crippen LogP contribution in [0.5, 0.6) is 0 Å². The summed E-state index contributed by atoms with van der Waals surface area (Å²) in [7, 11) is 0. The number of halogens is 2. The lowest BCUT2D eigenvalue weighted by atomic mass is 9.99. The molecule has 0 saturated heterocycles. The highest BCUT2D eigenvalue weighted by Crippen LogP contribution is 2.24. The maximum atomic E-state index is 13.7. The topological polar surface area (TPSA) is 29.1 Å². The average molecular weight is 311 g/mol. The van der Waals surface area contributed by atoms with Crippen LogP contribution in [0.25, 0.3) is 10.8 Å². The van der Waals surface area contributed by atoms with E-state index in [-0.39, 0.29) is 11.6 Å². The van der Waals surface area contributed by atoms with Gasteiger partial charge in [-0.15, -0.1) is 0 Å². The molecular weight excluding hydrogens is 296 g/mol. The van der Waals surface area contributed by atoms with Crippen molar-refractivity contribution in [2.24, 2.45) is 0 Å². The molecule has 3 aromatic rings. The van der Waals surface area contributed by atoms with Gasteiger partial charge in [-0.1, -0.05) is 48.5 Å². The van der Waals surface area contributed by atoms with Crippen LogP contribution in [0.1, 0.15) is 28.9 Å². The Morgan fingerprint density at radius 1 is 0.957 bits per heavy atom. The van der Waals surface area contributed by atoms with E-state index in [1.54, 1.807) is 0 Å². The Morgan fingerprint density at radius 2 is 1.65 bits per heavy atom. The monoisotopic (exact) mass is 311 g/mol. The van der Waals surface area contributed by atoms with Gasteiger partial charge in [0, 0.05) is 0 Å². The van der Waals surface area contributed by atoms with Gasteiger partial charge in [-0.05, 0) is 35.4 Å². The third-order valence-corrected chi connectivity index (χ3v) is 3.83. The van der Waals surface area contributed by atoms with E-state index in [9.17, 15) is 13.6 Å². The number of fused-ring (bicyclic) bond motifs is 1. The molecule has 0 aliphatic rings. The largest absolute Gasteiger partial charge is 0.345 e. The molecule has 0 bridgehead atoms. The first-order valence-corrected chi connectivity index (χ1v) is 7.30. The molecule has 4 heteroatoms. The van der Waals surface area contributed by atoms with Crippen LogP contribution >= 0.6 is 0 Å². The van der Waals surface area contributed by atoms with E-state index in [1.165, 1.54) is 12.1 Å². The molecule has 2 nitrogen and oxygen atoms in total. The minimum absolute atomic E-state index is 0.294. The first kappa shape index (κ1) is 15.2. The van der Waals surface area contributed by atoms with E-state index in [4.69, 9.17) is 0 Å².